The zero-order chi connectivity index (χ0) is 20.9. The number of ether oxygens (including phenoxy) is 2. The van der Waals surface area contributed by atoms with Crippen LogP contribution in [0.4, 0.5) is 5.69 Å². The number of nitrogens with one attached hydrogen (secondary N) is 1. The van der Waals surface area contributed by atoms with Crippen LogP contribution in [0.3, 0.4) is 0 Å². The summed E-state index contributed by atoms with van der Waals surface area (Å²) >= 11 is 1.26. The molecule has 0 fully saturated rings. The molecule has 8 nitrogen and oxygen atoms in total. The lowest BCUT2D eigenvalue weighted by molar-refractivity contribution is -0.113. The SMILES string of the molecule is C=CCn1c(SCC(=O)Nc2ccc3c(c2)OCCO3)nnc1-c1ccccc1O. The number of carbonyl (C=O) groups is 1. The second kappa shape index (κ2) is 8.91. The number of allylic oxidation sites excluding steroid dienone is 1. The Morgan fingerprint density at radius 2 is 2.00 bits per heavy atom. The molecule has 0 atom stereocenters. The van der Waals surface area contributed by atoms with Crippen molar-refractivity contribution in [1.82, 2.24) is 14.8 Å². The van der Waals surface area contributed by atoms with Crippen molar-refractivity contribution in [3.8, 4) is 28.6 Å². The van der Waals surface area contributed by atoms with E-state index in [-0.39, 0.29) is 17.4 Å². The molecule has 2 heterocycles. The van der Waals surface area contributed by atoms with Gasteiger partial charge in [0, 0.05) is 18.3 Å². The average Bonchev–Trinajstić information content (AvgIpc) is 3.15. The summed E-state index contributed by atoms with van der Waals surface area (Å²) in [5.41, 5.74) is 1.20. The number of phenols is 1. The Labute approximate surface area is 177 Å². The van der Waals surface area contributed by atoms with Crippen molar-refractivity contribution >= 4 is 23.4 Å². The number of rotatable bonds is 7. The van der Waals surface area contributed by atoms with Crippen molar-refractivity contribution in [1.29, 1.82) is 0 Å². The van der Waals surface area contributed by atoms with E-state index in [4.69, 9.17) is 9.47 Å². The number of nitrogens with zero attached hydrogens (tertiary/aromatic N) is 3. The van der Waals surface area contributed by atoms with Gasteiger partial charge >= 0.3 is 0 Å². The first kappa shape index (κ1) is 19.8. The fourth-order valence-electron chi connectivity index (χ4n) is 3.00. The van der Waals surface area contributed by atoms with Gasteiger partial charge in [0.2, 0.25) is 5.91 Å². The molecule has 1 aliphatic heterocycles. The molecule has 4 rings (SSSR count). The molecule has 0 saturated heterocycles. The van der Waals surface area contributed by atoms with Crippen LogP contribution in [0.5, 0.6) is 17.2 Å². The molecule has 1 aliphatic rings. The summed E-state index contributed by atoms with van der Waals surface area (Å²) < 4.78 is 12.8. The van der Waals surface area contributed by atoms with Crippen LogP contribution in [0.15, 0.2) is 60.3 Å². The van der Waals surface area contributed by atoms with Crippen LogP contribution >= 0.6 is 11.8 Å². The number of hydrogen-bond donors (Lipinski definition) is 2. The lowest BCUT2D eigenvalue weighted by atomic mass is 10.2. The van der Waals surface area contributed by atoms with Crippen molar-refractivity contribution < 1.29 is 19.4 Å². The molecule has 1 amide bonds. The van der Waals surface area contributed by atoms with Gasteiger partial charge in [-0.25, -0.2) is 0 Å². The van der Waals surface area contributed by atoms with Gasteiger partial charge in [-0.2, -0.15) is 0 Å². The number of aromatic hydroxyl groups is 1. The number of benzene rings is 2. The Morgan fingerprint density at radius 3 is 2.80 bits per heavy atom. The maximum absolute atomic E-state index is 12.4. The first-order valence-electron chi connectivity index (χ1n) is 9.30. The lowest BCUT2D eigenvalue weighted by Gasteiger charge is -2.19. The minimum absolute atomic E-state index is 0.114. The van der Waals surface area contributed by atoms with E-state index in [9.17, 15) is 9.90 Å². The molecule has 2 aromatic carbocycles. The number of amides is 1. The molecular weight excluding hydrogens is 404 g/mol. The number of phenolic OH excluding ortho intramolecular Hbond substituents is 1. The largest absolute Gasteiger partial charge is 0.507 e. The maximum atomic E-state index is 12.4. The van der Waals surface area contributed by atoms with Crippen molar-refractivity contribution in [3.63, 3.8) is 0 Å². The van der Waals surface area contributed by atoms with Crippen LogP contribution in [-0.4, -0.2) is 44.7 Å². The summed E-state index contributed by atoms with van der Waals surface area (Å²) in [5.74, 6) is 1.87. The fraction of sp³-hybridized carbons (Fsp3) is 0.190. The predicted octanol–water partition coefficient (Wildman–Crippen LogP) is 3.34. The van der Waals surface area contributed by atoms with Crippen LogP contribution < -0.4 is 14.8 Å². The zero-order valence-electron chi connectivity index (χ0n) is 16.1. The molecule has 0 saturated carbocycles. The Morgan fingerprint density at radius 1 is 1.20 bits per heavy atom. The summed E-state index contributed by atoms with van der Waals surface area (Å²) in [4.78, 5) is 12.4. The van der Waals surface area contributed by atoms with Crippen LogP contribution in [0.2, 0.25) is 0 Å². The quantitative estimate of drug-likeness (QED) is 0.443. The molecule has 0 radical (unpaired) electrons. The summed E-state index contributed by atoms with van der Waals surface area (Å²) in [7, 11) is 0. The Balaban J connectivity index is 1.45. The normalized spacial score (nSPS) is 12.4. The second-order valence-electron chi connectivity index (χ2n) is 6.42. The van der Waals surface area contributed by atoms with Gasteiger partial charge < -0.3 is 19.9 Å². The Bertz CT molecular complexity index is 1080. The number of thioether (sulfide) groups is 1. The average molecular weight is 424 g/mol. The van der Waals surface area contributed by atoms with E-state index in [1.54, 1.807) is 42.5 Å². The summed E-state index contributed by atoms with van der Waals surface area (Å²) in [5, 5.41) is 21.9. The van der Waals surface area contributed by atoms with E-state index in [1.165, 1.54) is 11.8 Å². The first-order chi connectivity index (χ1) is 14.7. The smallest absolute Gasteiger partial charge is 0.234 e. The van der Waals surface area contributed by atoms with E-state index < -0.39 is 0 Å². The van der Waals surface area contributed by atoms with Gasteiger partial charge in [0.05, 0.1) is 11.3 Å². The summed E-state index contributed by atoms with van der Waals surface area (Å²) in [6.07, 6.45) is 1.71. The van der Waals surface area contributed by atoms with Gasteiger partial charge in [0.25, 0.3) is 0 Å². The highest BCUT2D eigenvalue weighted by molar-refractivity contribution is 7.99. The third-order valence-corrected chi connectivity index (χ3v) is 5.30. The second-order valence-corrected chi connectivity index (χ2v) is 7.36. The van der Waals surface area contributed by atoms with Crippen molar-refractivity contribution in [2.45, 2.75) is 11.7 Å². The summed E-state index contributed by atoms with van der Waals surface area (Å²) in [6, 6.07) is 12.2. The third-order valence-electron chi connectivity index (χ3n) is 4.33. The number of hydrogen-bond acceptors (Lipinski definition) is 7. The van der Waals surface area contributed by atoms with Crippen LogP contribution in [0.25, 0.3) is 11.4 Å². The minimum Gasteiger partial charge on any atom is -0.507 e. The molecule has 30 heavy (non-hydrogen) atoms. The van der Waals surface area contributed by atoms with Crippen LogP contribution in [-0.2, 0) is 11.3 Å². The van der Waals surface area contributed by atoms with E-state index in [1.807, 2.05) is 10.6 Å². The van der Waals surface area contributed by atoms with Crippen molar-refractivity contribution in [2.24, 2.45) is 0 Å². The van der Waals surface area contributed by atoms with Gasteiger partial charge in [-0.15, -0.1) is 16.8 Å². The Kier molecular flexibility index (Phi) is 5.89. The number of anilines is 1. The molecule has 0 bridgehead atoms. The van der Waals surface area contributed by atoms with Gasteiger partial charge in [-0.3, -0.25) is 9.36 Å². The van der Waals surface area contributed by atoms with E-state index in [2.05, 4.69) is 22.1 Å². The maximum Gasteiger partial charge on any atom is 0.234 e. The highest BCUT2D eigenvalue weighted by Crippen LogP contribution is 2.33. The number of fused-ring (bicyclic) bond motifs is 1. The molecule has 1 aromatic heterocycles. The van der Waals surface area contributed by atoms with Crippen molar-refractivity contribution in [2.75, 3.05) is 24.3 Å². The number of aromatic nitrogens is 3. The molecule has 9 heteroatoms. The zero-order valence-corrected chi connectivity index (χ0v) is 16.9. The fourth-order valence-corrected chi connectivity index (χ4v) is 3.75. The monoisotopic (exact) mass is 424 g/mol. The van der Waals surface area contributed by atoms with Crippen LogP contribution in [0, 0.1) is 0 Å². The number of carbonyl (C=O) groups excluding carboxylic acids is 1. The predicted molar refractivity (Wildman–Crippen MR) is 114 cm³/mol. The standard InChI is InChI=1S/C21H20N4O4S/c1-2-9-25-20(15-5-3-4-6-16(15)26)23-24-21(25)30-13-19(27)22-14-7-8-17-18(12-14)29-11-10-28-17/h2-8,12,26H,1,9-11,13H2,(H,22,27). The molecule has 2 N–H and O–H groups in total. The number of para-hydroxylation sites is 1. The molecule has 0 spiro atoms. The Hall–Kier alpha value is -3.46. The minimum atomic E-state index is -0.186. The van der Waals surface area contributed by atoms with Crippen molar-refractivity contribution in [3.05, 3.63) is 55.1 Å². The highest BCUT2D eigenvalue weighted by Gasteiger charge is 2.18. The molecule has 0 aliphatic carbocycles. The van der Waals surface area contributed by atoms with Gasteiger partial charge in [0.1, 0.15) is 19.0 Å². The first-order valence-corrected chi connectivity index (χ1v) is 10.3. The van der Waals surface area contributed by atoms with Gasteiger partial charge in [-0.1, -0.05) is 30.0 Å². The van der Waals surface area contributed by atoms with E-state index in [0.29, 0.717) is 53.5 Å². The third kappa shape index (κ3) is 4.25. The highest BCUT2D eigenvalue weighted by atomic mass is 32.2. The lowest BCUT2D eigenvalue weighted by Crippen LogP contribution is -2.17. The topological polar surface area (TPSA) is 98.5 Å². The van der Waals surface area contributed by atoms with E-state index in [0.717, 1.165) is 0 Å². The molecule has 154 valence electrons. The summed E-state index contributed by atoms with van der Waals surface area (Å²) in [6.45, 7) is 5.22. The molecule has 0 unspecified atom stereocenters. The molecular formula is C21H20N4O4S. The van der Waals surface area contributed by atoms with Gasteiger partial charge in [-0.05, 0) is 24.3 Å². The molecule has 3 aromatic rings. The van der Waals surface area contributed by atoms with Gasteiger partial charge in [0.15, 0.2) is 22.5 Å². The van der Waals surface area contributed by atoms with Crippen LogP contribution in [0.1, 0.15) is 0 Å². The van der Waals surface area contributed by atoms with E-state index >= 15 is 0 Å².